The van der Waals surface area contributed by atoms with E-state index in [1.54, 1.807) is 0 Å². The molecule has 1 aromatic heterocycles. The highest BCUT2D eigenvalue weighted by atomic mass is 16.7. The molecule has 2 heterocycles. The van der Waals surface area contributed by atoms with Crippen LogP contribution in [-0.2, 0) is 9.31 Å². The lowest BCUT2D eigenvalue weighted by Crippen LogP contribution is -2.41. The van der Waals surface area contributed by atoms with E-state index in [9.17, 15) is 0 Å². The van der Waals surface area contributed by atoms with Crippen molar-refractivity contribution in [1.82, 2.24) is 0 Å². The molecule has 0 bridgehead atoms. The van der Waals surface area contributed by atoms with E-state index in [-0.39, 0.29) is 18.3 Å². The predicted octanol–water partition coefficient (Wildman–Crippen LogP) is 5.04. The third-order valence-electron chi connectivity index (χ3n) is 5.91. The number of rotatable bonds is 1. The highest BCUT2D eigenvalue weighted by Crippen LogP contribution is 2.37. The Hall–Kier alpha value is -2.30. The summed E-state index contributed by atoms with van der Waals surface area (Å²) in [6.45, 7) is 8.30. The van der Waals surface area contributed by atoms with Crippen LogP contribution in [0.1, 0.15) is 27.7 Å². The van der Waals surface area contributed by atoms with Gasteiger partial charge in [-0.1, -0.05) is 42.5 Å². The van der Waals surface area contributed by atoms with Gasteiger partial charge in [-0.15, -0.1) is 0 Å². The van der Waals surface area contributed by atoms with E-state index in [1.807, 2.05) is 18.2 Å². The van der Waals surface area contributed by atoms with Gasteiger partial charge in [0.1, 0.15) is 11.2 Å². The van der Waals surface area contributed by atoms with Crippen molar-refractivity contribution in [3.8, 4) is 0 Å². The molecule has 0 spiro atoms. The number of furan rings is 1. The summed E-state index contributed by atoms with van der Waals surface area (Å²) < 4.78 is 18.6. The summed E-state index contributed by atoms with van der Waals surface area (Å²) >= 11 is 0. The van der Waals surface area contributed by atoms with Crippen molar-refractivity contribution in [2.24, 2.45) is 0 Å². The van der Waals surface area contributed by atoms with E-state index in [4.69, 9.17) is 13.7 Å². The van der Waals surface area contributed by atoms with Gasteiger partial charge in [0, 0.05) is 16.2 Å². The highest BCUT2D eigenvalue weighted by Gasteiger charge is 2.51. The number of hydrogen-bond donors (Lipinski definition) is 0. The standard InChI is InChI=1S/C22H21BO3/c1-21(2)22(3,4)26-23(25-21)15-11-9-14-10-12-17-16-7-5-6-8-19(16)24-20(17)18(14)13-15/h5-13H,1-4H3. The van der Waals surface area contributed by atoms with Crippen molar-refractivity contribution < 1.29 is 13.7 Å². The number of fused-ring (bicyclic) bond motifs is 5. The molecule has 0 radical (unpaired) electrons. The minimum absolute atomic E-state index is 0.349. The van der Waals surface area contributed by atoms with E-state index in [0.717, 1.165) is 38.2 Å². The minimum atomic E-state index is -0.371. The van der Waals surface area contributed by atoms with Gasteiger partial charge in [-0.05, 0) is 50.7 Å². The normalized spacial score (nSPS) is 19.0. The molecule has 0 atom stereocenters. The summed E-state index contributed by atoms with van der Waals surface area (Å²) in [5.74, 6) is 0. The van der Waals surface area contributed by atoms with Crippen molar-refractivity contribution in [2.75, 3.05) is 0 Å². The zero-order chi connectivity index (χ0) is 18.1. The van der Waals surface area contributed by atoms with Gasteiger partial charge in [0.15, 0.2) is 0 Å². The lowest BCUT2D eigenvalue weighted by molar-refractivity contribution is 0.00578. The summed E-state index contributed by atoms with van der Waals surface area (Å²) in [5, 5.41) is 4.52. The fourth-order valence-electron chi connectivity index (χ4n) is 3.65. The Kier molecular flexibility index (Phi) is 3.14. The van der Waals surface area contributed by atoms with E-state index < -0.39 is 0 Å². The van der Waals surface area contributed by atoms with Crippen molar-refractivity contribution >= 4 is 45.3 Å². The molecule has 0 saturated carbocycles. The molecular formula is C22H21BO3. The molecule has 4 heteroatoms. The Morgan fingerprint density at radius 2 is 1.42 bits per heavy atom. The second kappa shape index (κ2) is 5.12. The minimum Gasteiger partial charge on any atom is -0.455 e. The fourth-order valence-corrected chi connectivity index (χ4v) is 3.65. The largest absolute Gasteiger partial charge is 0.494 e. The first kappa shape index (κ1) is 15.9. The molecular weight excluding hydrogens is 323 g/mol. The summed E-state index contributed by atoms with van der Waals surface area (Å²) in [4.78, 5) is 0. The second-order valence-electron chi connectivity index (χ2n) is 8.11. The zero-order valence-electron chi connectivity index (χ0n) is 15.5. The van der Waals surface area contributed by atoms with Gasteiger partial charge in [-0.3, -0.25) is 0 Å². The van der Waals surface area contributed by atoms with Crippen molar-refractivity contribution in [1.29, 1.82) is 0 Å². The Morgan fingerprint density at radius 1 is 0.731 bits per heavy atom. The van der Waals surface area contributed by atoms with Crippen LogP contribution in [0.15, 0.2) is 59.0 Å². The van der Waals surface area contributed by atoms with Gasteiger partial charge in [-0.2, -0.15) is 0 Å². The SMILES string of the molecule is CC1(C)OB(c2ccc3ccc4c5ccccc5oc4c3c2)OC1(C)C. The van der Waals surface area contributed by atoms with Crippen LogP contribution in [0, 0.1) is 0 Å². The first-order valence-corrected chi connectivity index (χ1v) is 9.05. The van der Waals surface area contributed by atoms with Gasteiger partial charge in [0.2, 0.25) is 0 Å². The second-order valence-corrected chi connectivity index (χ2v) is 8.11. The maximum atomic E-state index is 6.22. The van der Waals surface area contributed by atoms with Crippen LogP contribution in [0.25, 0.3) is 32.7 Å². The molecule has 4 aromatic rings. The number of benzene rings is 3. The third-order valence-corrected chi connectivity index (χ3v) is 5.91. The Morgan fingerprint density at radius 3 is 2.19 bits per heavy atom. The molecule has 1 aliphatic heterocycles. The molecule has 0 unspecified atom stereocenters. The predicted molar refractivity (Wildman–Crippen MR) is 107 cm³/mol. The lowest BCUT2D eigenvalue weighted by Gasteiger charge is -2.32. The summed E-state index contributed by atoms with van der Waals surface area (Å²) in [7, 11) is -0.371. The fraction of sp³-hybridized carbons (Fsp3) is 0.273. The van der Waals surface area contributed by atoms with E-state index in [2.05, 4.69) is 64.1 Å². The smallest absolute Gasteiger partial charge is 0.455 e. The lowest BCUT2D eigenvalue weighted by atomic mass is 9.78. The van der Waals surface area contributed by atoms with Crippen molar-refractivity contribution in [3.63, 3.8) is 0 Å². The van der Waals surface area contributed by atoms with Crippen LogP contribution in [-0.4, -0.2) is 18.3 Å². The Balaban J connectivity index is 1.70. The molecule has 26 heavy (non-hydrogen) atoms. The van der Waals surface area contributed by atoms with Gasteiger partial charge >= 0.3 is 7.12 Å². The average molecular weight is 344 g/mol. The van der Waals surface area contributed by atoms with Crippen LogP contribution in [0.5, 0.6) is 0 Å². The van der Waals surface area contributed by atoms with Gasteiger partial charge in [0.05, 0.1) is 11.2 Å². The zero-order valence-corrected chi connectivity index (χ0v) is 15.5. The van der Waals surface area contributed by atoms with Crippen molar-refractivity contribution in [2.45, 2.75) is 38.9 Å². The van der Waals surface area contributed by atoms with Crippen LogP contribution in [0.3, 0.4) is 0 Å². The van der Waals surface area contributed by atoms with Crippen LogP contribution in [0.4, 0.5) is 0 Å². The molecule has 0 N–H and O–H groups in total. The highest BCUT2D eigenvalue weighted by molar-refractivity contribution is 6.62. The Labute approximate surface area is 153 Å². The van der Waals surface area contributed by atoms with Gasteiger partial charge in [-0.25, -0.2) is 0 Å². The molecule has 1 aliphatic rings. The maximum Gasteiger partial charge on any atom is 0.494 e. The molecule has 130 valence electrons. The molecule has 5 rings (SSSR count). The molecule has 3 nitrogen and oxygen atoms in total. The quantitative estimate of drug-likeness (QED) is 0.454. The average Bonchev–Trinajstić information content (AvgIpc) is 3.09. The van der Waals surface area contributed by atoms with Crippen molar-refractivity contribution in [3.05, 3.63) is 54.6 Å². The van der Waals surface area contributed by atoms with Crippen LogP contribution >= 0.6 is 0 Å². The summed E-state index contributed by atoms with van der Waals surface area (Å²) in [6.07, 6.45) is 0. The first-order chi connectivity index (χ1) is 12.4. The Bertz CT molecular complexity index is 1140. The van der Waals surface area contributed by atoms with Gasteiger partial charge < -0.3 is 13.7 Å². The maximum absolute atomic E-state index is 6.22. The van der Waals surface area contributed by atoms with Gasteiger partial charge in [0.25, 0.3) is 0 Å². The van der Waals surface area contributed by atoms with E-state index >= 15 is 0 Å². The van der Waals surface area contributed by atoms with E-state index in [1.165, 1.54) is 0 Å². The summed E-state index contributed by atoms with van der Waals surface area (Å²) in [5.41, 5.74) is 2.15. The third kappa shape index (κ3) is 2.16. The molecule has 0 aliphatic carbocycles. The van der Waals surface area contributed by atoms with E-state index in [0.29, 0.717) is 0 Å². The topological polar surface area (TPSA) is 31.6 Å². The monoisotopic (exact) mass is 344 g/mol. The molecule has 1 fully saturated rings. The number of para-hydroxylation sites is 1. The molecule has 0 amide bonds. The van der Waals surface area contributed by atoms with Crippen LogP contribution in [0.2, 0.25) is 0 Å². The molecule has 3 aromatic carbocycles. The van der Waals surface area contributed by atoms with Crippen LogP contribution < -0.4 is 5.46 Å². The molecule has 1 saturated heterocycles. The summed E-state index contributed by atoms with van der Waals surface area (Å²) in [6, 6.07) is 18.8. The first-order valence-electron chi connectivity index (χ1n) is 9.05. The number of hydrogen-bond acceptors (Lipinski definition) is 3.